The third kappa shape index (κ3) is 5.39. The second-order valence-corrected chi connectivity index (χ2v) is 8.56. The van der Waals surface area contributed by atoms with Gasteiger partial charge in [-0.2, -0.15) is 0 Å². The van der Waals surface area contributed by atoms with E-state index in [1.807, 2.05) is 30.3 Å². The largest absolute Gasteiger partial charge is 0.352 e. The molecule has 5 nitrogen and oxygen atoms in total. The van der Waals surface area contributed by atoms with Crippen LogP contribution in [0.4, 0.5) is 0 Å². The predicted molar refractivity (Wildman–Crippen MR) is 124 cm³/mol. The smallest absolute Gasteiger partial charge is 0.251 e. The number of carbonyl (C=O) groups is 1. The molecule has 0 fully saturated rings. The van der Waals surface area contributed by atoms with Gasteiger partial charge in [0.15, 0.2) is 11.0 Å². The highest BCUT2D eigenvalue weighted by Crippen LogP contribution is 2.27. The molecule has 1 aromatic heterocycles. The maximum atomic E-state index is 12.6. The first-order valence-electron chi connectivity index (χ1n) is 10.1. The first kappa shape index (κ1) is 21.8. The van der Waals surface area contributed by atoms with E-state index in [9.17, 15) is 4.79 Å². The van der Waals surface area contributed by atoms with Gasteiger partial charge in [-0.3, -0.25) is 9.36 Å². The monoisotopic (exact) mass is 420 g/mol. The summed E-state index contributed by atoms with van der Waals surface area (Å²) in [5.41, 5.74) is 3.92. The normalized spacial score (nSPS) is 10.9. The summed E-state index contributed by atoms with van der Waals surface area (Å²) in [5.74, 6) is 1.83. The molecule has 2 aromatic carbocycles. The molecular formula is C24H28N4OS. The molecule has 30 heavy (non-hydrogen) atoms. The van der Waals surface area contributed by atoms with Crippen molar-refractivity contribution in [2.45, 2.75) is 38.2 Å². The summed E-state index contributed by atoms with van der Waals surface area (Å²) >= 11 is 1.58. The molecule has 3 rings (SSSR count). The van der Waals surface area contributed by atoms with Crippen molar-refractivity contribution in [1.82, 2.24) is 20.1 Å². The van der Waals surface area contributed by atoms with Gasteiger partial charge in [-0.25, -0.2) is 0 Å². The number of carbonyl (C=O) groups excluding carboxylic acids is 1. The number of nitrogens with zero attached hydrogens (tertiary/aromatic N) is 3. The van der Waals surface area contributed by atoms with Gasteiger partial charge in [0.05, 0.1) is 0 Å². The molecule has 6 heteroatoms. The molecule has 0 unspecified atom stereocenters. The Balaban J connectivity index is 1.80. The molecule has 0 aliphatic carbocycles. The van der Waals surface area contributed by atoms with E-state index in [4.69, 9.17) is 0 Å². The van der Waals surface area contributed by atoms with Crippen LogP contribution in [0.1, 0.15) is 35.3 Å². The average Bonchev–Trinajstić information content (AvgIpc) is 3.14. The van der Waals surface area contributed by atoms with Crippen LogP contribution in [0, 0.1) is 12.8 Å². The van der Waals surface area contributed by atoms with Crippen LogP contribution < -0.4 is 5.32 Å². The summed E-state index contributed by atoms with van der Waals surface area (Å²) in [6.45, 7) is 11.4. The number of allylic oxidation sites excluding steroid dienone is 1. The molecule has 0 atom stereocenters. The Bertz CT molecular complexity index is 1010. The first-order valence-corrected chi connectivity index (χ1v) is 11.1. The zero-order chi connectivity index (χ0) is 21.5. The van der Waals surface area contributed by atoms with Crippen LogP contribution >= 0.6 is 11.8 Å². The Morgan fingerprint density at radius 2 is 1.90 bits per heavy atom. The van der Waals surface area contributed by atoms with Gasteiger partial charge >= 0.3 is 0 Å². The van der Waals surface area contributed by atoms with Gasteiger partial charge in [0, 0.05) is 30.0 Å². The maximum absolute atomic E-state index is 12.6. The first-order chi connectivity index (χ1) is 14.5. The third-order valence-electron chi connectivity index (χ3n) is 4.63. The van der Waals surface area contributed by atoms with E-state index < -0.39 is 0 Å². The molecule has 1 heterocycles. The molecule has 0 aliphatic heterocycles. The van der Waals surface area contributed by atoms with Crippen LogP contribution in [0.25, 0.3) is 11.4 Å². The van der Waals surface area contributed by atoms with Crippen molar-refractivity contribution >= 4 is 17.7 Å². The maximum Gasteiger partial charge on any atom is 0.251 e. The minimum atomic E-state index is -0.0344. The fourth-order valence-electron chi connectivity index (χ4n) is 3.01. The molecule has 0 saturated carbocycles. The van der Waals surface area contributed by atoms with Crippen LogP contribution in [0.3, 0.4) is 0 Å². The Labute approximate surface area is 182 Å². The fourth-order valence-corrected chi connectivity index (χ4v) is 3.96. The number of nitrogens with one attached hydrogen (secondary N) is 1. The minimum Gasteiger partial charge on any atom is -0.352 e. The number of aromatic nitrogens is 3. The molecule has 0 bridgehead atoms. The van der Waals surface area contributed by atoms with Crippen LogP contribution in [-0.4, -0.2) is 27.2 Å². The zero-order valence-electron chi connectivity index (χ0n) is 17.8. The second kappa shape index (κ2) is 10.3. The Morgan fingerprint density at radius 3 is 2.60 bits per heavy atom. The summed E-state index contributed by atoms with van der Waals surface area (Å²) in [7, 11) is 0. The van der Waals surface area contributed by atoms with Crippen molar-refractivity contribution in [3.05, 3.63) is 77.9 Å². The van der Waals surface area contributed by atoms with E-state index in [1.54, 1.807) is 11.8 Å². The highest BCUT2D eigenvalue weighted by molar-refractivity contribution is 7.98. The van der Waals surface area contributed by atoms with E-state index in [0.29, 0.717) is 30.3 Å². The van der Waals surface area contributed by atoms with E-state index >= 15 is 0 Å². The number of benzene rings is 2. The van der Waals surface area contributed by atoms with Crippen LogP contribution in [-0.2, 0) is 12.3 Å². The molecule has 1 amide bonds. The Hall–Kier alpha value is -2.86. The number of hydrogen-bond donors (Lipinski definition) is 1. The molecule has 0 radical (unpaired) electrons. The summed E-state index contributed by atoms with van der Waals surface area (Å²) in [6.07, 6.45) is 1.85. The Morgan fingerprint density at radius 1 is 1.17 bits per heavy atom. The molecule has 1 N–H and O–H groups in total. The van der Waals surface area contributed by atoms with Gasteiger partial charge in [-0.15, -0.1) is 16.8 Å². The zero-order valence-corrected chi connectivity index (χ0v) is 18.6. The van der Waals surface area contributed by atoms with Gasteiger partial charge in [0.25, 0.3) is 5.91 Å². The highest BCUT2D eigenvalue weighted by atomic mass is 32.2. The number of hydrogen-bond acceptors (Lipinski definition) is 4. The van der Waals surface area contributed by atoms with Gasteiger partial charge in [0.1, 0.15) is 0 Å². The number of aryl methyl sites for hydroxylation is 1. The molecule has 3 aromatic rings. The molecule has 156 valence electrons. The summed E-state index contributed by atoms with van der Waals surface area (Å²) in [5, 5.41) is 12.6. The van der Waals surface area contributed by atoms with Crippen molar-refractivity contribution in [2.75, 3.05) is 6.54 Å². The topological polar surface area (TPSA) is 59.8 Å². The van der Waals surface area contributed by atoms with E-state index in [2.05, 4.69) is 71.7 Å². The minimum absolute atomic E-state index is 0.0344. The quantitative estimate of drug-likeness (QED) is 0.386. The lowest BCUT2D eigenvalue weighted by Crippen LogP contribution is -2.28. The fraction of sp³-hybridized carbons (Fsp3) is 0.292. The third-order valence-corrected chi connectivity index (χ3v) is 5.64. The van der Waals surface area contributed by atoms with Crippen LogP contribution in [0.2, 0.25) is 0 Å². The van der Waals surface area contributed by atoms with Crippen molar-refractivity contribution in [3.63, 3.8) is 0 Å². The summed E-state index contributed by atoms with van der Waals surface area (Å²) in [6, 6.07) is 16.0. The summed E-state index contributed by atoms with van der Waals surface area (Å²) in [4.78, 5) is 12.6. The highest BCUT2D eigenvalue weighted by Gasteiger charge is 2.16. The van der Waals surface area contributed by atoms with Crippen LogP contribution in [0.5, 0.6) is 0 Å². The van der Waals surface area contributed by atoms with Gasteiger partial charge in [-0.05, 0) is 24.5 Å². The van der Waals surface area contributed by atoms with Gasteiger partial charge in [-0.1, -0.05) is 79.7 Å². The lowest BCUT2D eigenvalue weighted by Gasteiger charge is -2.12. The van der Waals surface area contributed by atoms with E-state index in [-0.39, 0.29) is 5.91 Å². The van der Waals surface area contributed by atoms with Crippen LogP contribution in [0.15, 0.2) is 66.3 Å². The Kier molecular flexibility index (Phi) is 7.46. The average molecular weight is 421 g/mol. The molecule has 0 spiro atoms. The number of amides is 1. The SMILES string of the molecule is C=CCn1c(SCc2ccccc2C(=O)NCC(C)C)nnc1-c1ccc(C)cc1. The second-order valence-electron chi connectivity index (χ2n) is 7.62. The lowest BCUT2D eigenvalue weighted by molar-refractivity contribution is 0.0948. The van der Waals surface area contributed by atoms with Crippen molar-refractivity contribution in [2.24, 2.45) is 5.92 Å². The molecular weight excluding hydrogens is 392 g/mol. The summed E-state index contributed by atoms with van der Waals surface area (Å²) < 4.78 is 2.06. The van der Waals surface area contributed by atoms with Gasteiger partial charge < -0.3 is 5.32 Å². The van der Waals surface area contributed by atoms with Crippen molar-refractivity contribution in [1.29, 1.82) is 0 Å². The molecule has 0 aliphatic rings. The van der Waals surface area contributed by atoms with Gasteiger partial charge in [0.2, 0.25) is 0 Å². The van der Waals surface area contributed by atoms with E-state index in [1.165, 1.54) is 5.56 Å². The lowest BCUT2D eigenvalue weighted by atomic mass is 10.1. The van der Waals surface area contributed by atoms with Crippen molar-refractivity contribution < 1.29 is 4.79 Å². The van der Waals surface area contributed by atoms with Crippen molar-refractivity contribution in [3.8, 4) is 11.4 Å². The number of rotatable bonds is 9. The predicted octanol–water partition coefficient (Wildman–Crippen LogP) is 5.12. The molecule has 0 saturated heterocycles. The van der Waals surface area contributed by atoms with E-state index in [0.717, 1.165) is 22.1 Å². The standard InChI is InChI=1S/C24H28N4OS/c1-5-14-28-22(19-12-10-18(4)11-13-19)26-27-24(28)30-16-20-8-6-7-9-21(20)23(29)25-15-17(2)3/h5-13,17H,1,14-16H2,2-4H3,(H,25,29). The number of thioether (sulfide) groups is 1.